The van der Waals surface area contributed by atoms with E-state index in [-0.39, 0.29) is 17.2 Å². The Bertz CT molecular complexity index is 650. The summed E-state index contributed by atoms with van der Waals surface area (Å²) in [5.41, 5.74) is 0.977. The van der Waals surface area contributed by atoms with Gasteiger partial charge in [0.25, 0.3) is 0 Å². The minimum atomic E-state index is -0.840. The lowest BCUT2D eigenvalue weighted by atomic mass is 9.76. The van der Waals surface area contributed by atoms with Crippen LogP contribution < -0.4 is 0 Å². The number of carbonyl (C=O) groups excluding carboxylic acids is 3. The second-order valence-corrected chi connectivity index (χ2v) is 8.29. The molecule has 0 bridgehead atoms. The highest BCUT2D eigenvalue weighted by Crippen LogP contribution is 2.47. The second kappa shape index (κ2) is 8.25. The molecule has 2 amide bonds. The van der Waals surface area contributed by atoms with Gasteiger partial charge in [0.05, 0.1) is 7.11 Å². The highest BCUT2D eigenvalue weighted by Gasteiger charge is 2.48. The van der Waals surface area contributed by atoms with Gasteiger partial charge in [0, 0.05) is 24.3 Å². The molecule has 3 rings (SSSR count). The van der Waals surface area contributed by atoms with Crippen LogP contribution in [0.2, 0.25) is 0 Å². The van der Waals surface area contributed by atoms with Gasteiger partial charge in [0.1, 0.15) is 6.04 Å². The van der Waals surface area contributed by atoms with Crippen LogP contribution in [0.15, 0.2) is 30.3 Å². The third-order valence-electron chi connectivity index (χ3n) is 5.43. The van der Waals surface area contributed by atoms with Crippen molar-refractivity contribution in [1.82, 2.24) is 4.90 Å². The largest absolute Gasteiger partial charge is 0.467 e. The Morgan fingerprint density at radius 2 is 1.77 bits per heavy atom. The van der Waals surface area contributed by atoms with E-state index >= 15 is 0 Å². The van der Waals surface area contributed by atoms with Gasteiger partial charge < -0.3 is 4.74 Å². The van der Waals surface area contributed by atoms with Crippen molar-refractivity contribution in [3.05, 3.63) is 35.9 Å². The topological polar surface area (TPSA) is 63.7 Å². The molecule has 1 saturated heterocycles. The van der Waals surface area contributed by atoms with E-state index in [9.17, 15) is 14.4 Å². The fourth-order valence-corrected chi connectivity index (χ4v) is 5.14. The summed E-state index contributed by atoms with van der Waals surface area (Å²) in [5.74, 6) is 0.105. The quantitative estimate of drug-likeness (QED) is 0.564. The van der Waals surface area contributed by atoms with Crippen molar-refractivity contribution in [2.24, 2.45) is 5.41 Å². The highest BCUT2D eigenvalue weighted by atomic mass is 32.2. The number of rotatable bonds is 6. The maximum atomic E-state index is 12.7. The molecule has 1 aliphatic heterocycles. The summed E-state index contributed by atoms with van der Waals surface area (Å²) >= 11 is 1.53. The number of carbonyl (C=O) groups is 3. The van der Waals surface area contributed by atoms with Crippen LogP contribution >= 0.6 is 11.8 Å². The molecule has 2 aliphatic rings. The van der Waals surface area contributed by atoms with Crippen LogP contribution in [0.5, 0.6) is 0 Å². The van der Waals surface area contributed by atoms with Crippen LogP contribution in [0.25, 0.3) is 0 Å². The molecule has 1 heterocycles. The van der Waals surface area contributed by atoms with E-state index in [0.29, 0.717) is 24.3 Å². The van der Waals surface area contributed by atoms with Gasteiger partial charge in [-0.2, -0.15) is 11.8 Å². The van der Waals surface area contributed by atoms with Gasteiger partial charge in [0.2, 0.25) is 11.8 Å². The Balaban J connectivity index is 1.67. The number of thioether (sulfide) groups is 1. The van der Waals surface area contributed by atoms with Crippen molar-refractivity contribution in [2.75, 3.05) is 12.9 Å². The summed E-state index contributed by atoms with van der Waals surface area (Å²) in [6, 6.07) is 9.07. The third-order valence-corrected chi connectivity index (χ3v) is 6.52. The summed E-state index contributed by atoms with van der Waals surface area (Å²) < 4.78 is 4.88. The molecule has 1 spiro atoms. The van der Waals surface area contributed by atoms with Crippen LogP contribution in [0, 0.1) is 5.41 Å². The fourth-order valence-electron chi connectivity index (χ4n) is 4.09. The zero-order valence-corrected chi connectivity index (χ0v) is 15.9. The first-order chi connectivity index (χ1) is 12.5. The Kier molecular flexibility index (Phi) is 6.01. The van der Waals surface area contributed by atoms with Crippen LogP contribution in [-0.4, -0.2) is 41.6 Å². The molecule has 1 unspecified atom stereocenters. The molecule has 0 radical (unpaired) electrons. The molecule has 6 heteroatoms. The standard InChI is InChI=1S/C20H25NO4S/c1-25-19(24)16(14-26-13-15-7-3-2-4-8-15)21-17(22)11-20(12-18(21)23)9-5-6-10-20/h2-4,7-8,16H,5-6,9-14H2,1H3. The number of imide groups is 1. The lowest BCUT2D eigenvalue weighted by molar-refractivity contribution is -0.164. The molecule has 1 aromatic carbocycles. The van der Waals surface area contributed by atoms with Crippen molar-refractivity contribution >= 4 is 29.5 Å². The normalized spacial score (nSPS) is 20.4. The average Bonchev–Trinajstić information content (AvgIpc) is 3.07. The molecule has 1 atom stereocenters. The summed E-state index contributed by atoms with van der Waals surface area (Å²) in [6.45, 7) is 0. The first-order valence-corrected chi connectivity index (χ1v) is 10.2. The fraction of sp³-hybridized carbons (Fsp3) is 0.550. The number of nitrogens with zero attached hydrogens (tertiary/aromatic N) is 1. The van der Waals surface area contributed by atoms with Crippen LogP contribution in [0.4, 0.5) is 0 Å². The van der Waals surface area contributed by atoms with Crippen molar-refractivity contribution in [1.29, 1.82) is 0 Å². The average molecular weight is 375 g/mol. The Morgan fingerprint density at radius 3 is 2.35 bits per heavy atom. The number of amides is 2. The van der Waals surface area contributed by atoms with Gasteiger partial charge in [-0.25, -0.2) is 4.79 Å². The number of esters is 1. The van der Waals surface area contributed by atoms with Crippen molar-refractivity contribution < 1.29 is 19.1 Å². The van der Waals surface area contributed by atoms with Gasteiger partial charge in [0.15, 0.2) is 0 Å². The van der Waals surface area contributed by atoms with Crippen molar-refractivity contribution in [3.63, 3.8) is 0 Å². The molecular formula is C20H25NO4S. The van der Waals surface area contributed by atoms with Crippen LogP contribution in [0.3, 0.4) is 0 Å². The number of ether oxygens (including phenoxy) is 1. The van der Waals surface area contributed by atoms with Crippen LogP contribution in [-0.2, 0) is 24.9 Å². The maximum Gasteiger partial charge on any atom is 0.329 e. The second-order valence-electron chi connectivity index (χ2n) is 7.26. The monoisotopic (exact) mass is 375 g/mol. The molecule has 5 nitrogen and oxygen atoms in total. The molecule has 2 fully saturated rings. The SMILES string of the molecule is COC(=O)C(CSCc1ccccc1)N1C(=O)CC2(CCCC2)CC1=O. The highest BCUT2D eigenvalue weighted by molar-refractivity contribution is 7.98. The first kappa shape index (κ1) is 19.0. The number of hydrogen-bond acceptors (Lipinski definition) is 5. The zero-order valence-electron chi connectivity index (χ0n) is 15.1. The summed E-state index contributed by atoms with van der Waals surface area (Å²) in [6.07, 6.45) is 4.76. The van der Waals surface area contributed by atoms with E-state index in [1.54, 1.807) is 0 Å². The van der Waals surface area contributed by atoms with E-state index in [2.05, 4.69) is 0 Å². The summed E-state index contributed by atoms with van der Waals surface area (Å²) in [7, 11) is 1.30. The van der Waals surface area contributed by atoms with E-state index < -0.39 is 12.0 Å². The summed E-state index contributed by atoms with van der Waals surface area (Å²) in [4.78, 5) is 38.9. The number of benzene rings is 1. The Hall–Kier alpha value is -1.82. The van der Waals surface area contributed by atoms with E-state index in [0.717, 1.165) is 31.2 Å². The zero-order chi connectivity index (χ0) is 18.6. The van der Waals surface area contributed by atoms with Crippen LogP contribution in [0.1, 0.15) is 44.1 Å². The van der Waals surface area contributed by atoms with E-state index in [1.165, 1.54) is 23.8 Å². The molecule has 140 valence electrons. The minimum absolute atomic E-state index is 0.164. The first-order valence-electron chi connectivity index (χ1n) is 9.09. The molecular weight excluding hydrogens is 350 g/mol. The molecule has 1 saturated carbocycles. The third kappa shape index (κ3) is 4.11. The van der Waals surface area contributed by atoms with Gasteiger partial charge in [-0.05, 0) is 23.8 Å². The summed E-state index contributed by atoms with van der Waals surface area (Å²) in [5, 5.41) is 0. The van der Waals surface area contributed by atoms with Gasteiger partial charge in [-0.15, -0.1) is 0 Å². The molecule has 1 aromatic rings. The number of likely N-dealkylation sites (tertiary alicyclic amines) is 1. The van der Waals surface area contributed by atoms with Crippen molar-refractivity contribution in [2.45, 2.75) is 50.3 Å². The molecule has 0 aromatic heterocycles. The predicted octanol–water partition coefficient (Wildman–Crippen LogP) is 3.17. The maximum absolute atomic E-state index is 12.7. The van der Waals surface area contributed by atoms with E-state index in [1.807, 2.05) is 30.3 Å². The minimum Gasteiger partial charge on any atom is -0.467 e. The lowest BCUT2D eigenvalue weighted by Crippen LogP contribution is -2.55. The van der Waals surface area contributed by atoms with Gasteiger partial charge in [-0.3, -0.25) is 14.5 Å². The number of piperidine rings is 1. The van der Waals surface area contributed by atoms with Crippen molar-refractivity contribution in [3.8, 4) is 0 Å². The molecule has 1 aliphatic carbocycles. The van der Waals surface area contributed by atoms with E-state index in [4.69, 9.17) is 4.74 Å². The smallest absolute Gasteiger partial charge is 0.329 e. The number of methoxy groups -OCH3 is 1. The number of hydrogen-bond donors (Lipinski definition) is 0. The van der Waals surface area contributed by atoms with Gasteiger partial charge >= 0.3 is 5.97 Å². The predicted molar refractivity (Wildman–Crippen MR) is 100 cm³/mol. The molecule has 0 N–H and O–H groups in total. The Morgan fingerprint density at radius 1 is 1.15 bits per heavy atom. The molecule has 26 heavy (non-hydrogen) atoms. The lowest BCUT2D eigenvalue weighted by Gasteiger charge is -2.39. The Labute approximate surface area is 158 Å². The van der Waals surface area contributed by atoms with Gasteiger partial charge in [-0.1, -0.05) is 43.2 Å².